The van der Waals surface area contributed by atoms with E-state index in [1.807, 2.05) is 37.1 Å². The Morgan fingerprint density at radius 3 is 2.52 bits per heavy atom. The van der Waals surface area contributed by atoms with Crippen LogP contribution in [0.5, 0.6) is 11.5 Å². The topological polar surface area (TPSA) is 64.0 Å². The number of fused-ring (bicyclic) bond motifs is 1. The molecule has 3 aromatic rings. The molecule has 7 nitrogen and oxygen atoms in total. The predicted molar refractivity (Wildman–Crippen MR) is 151 cm³/mol. The highest BCUT2D eigenvalue weighted by Gasteiger charge is 2.31. The average molecular weight is 548 g/mol. The first-order chi connectivity index (χ1) is 19.4. The van der Waals surface area contributed by atoms with E-state index in [2.05, 4.69) is 4.57 Å². The lowest BCUT2D eigenvalue weighted by Crippen LogP contribution is -2.49. The van der Waals surface area contributed by atoms with Crippen molar-refractivity contribution in [3.05, 3.63) is 83.4 Å². The van der Waals surface area contributed by atoms with Crippen molar-refractivity contribution in [2.45, 2.75) is 77.5 Å². The van der Waals surface area contributed by atoms with E-state index in [-0.39, 0.29) is 43.1 Å². The first kappa shape index (κ1) is 27.7. The fraction of sp³-hybridized carbons (Fsp3) is 0.438. The summed E-state index contributed by atoms with van der Waals surface area (Å²) in [5, 5.41) is 0. The molecule has 5 rings (SSSR count). The Morgan fingerprint density at radius 1 is 1.02 bits per heavy atom. The molecule has 212 valence electrons. The lowest BCUT2D eigenvalue weighted by atomic mass is 9.94. The third-order valence-electron chi connectivity index (χ3n) is 8.17. The van der Waals surface area contributed by atoms with Gasteiger partial charge in [0.15, 0.2) is 11.5 Å². The van der Waals surface area contributed by atoms with Gasteiger partial charge in [0.25, 0.3) is 5.91 Å². The molecular formula is C32H38FN3O4. The highest BCUT2D eigenvalue weighted by atomic mass is 19.1. The van der Waals surface area contributed by atoms with Gasteiger partial charge in [-0.15, -0.1) is 0 Å². The molecule has 0 saturated heterocycles. The summed E-state index contributed by atoms with van der Waals surface area (Å²) in [4.78, 5) is 31.4. The van der Waals surface area contributed by atoms with Gasteiger partial charge < -0.3 is 23.8 Å². The minimum Gasteiger partial charge on any atom is -0.454 e. The van der Waals surface area contributed by atoms with Crippen molar-refractivity contribution in [3.63, 3.8) is 0 Å². The van der Waals surface area contributed by atoms with Crippen molar-refractivity contribution in [2.75, 3.05) is 13.3 Å². The zero-order valence-electron chi connectivity index (χ0n) is 23.4. The van der Waals surface area contributed by atoms with Crippen LogP contribution in [0, 0.1) is 5.82 Å². The fourth-order valence-corrected chi connectivity index (χ4v) is 5.60. The highest BCUT2D eigenvalue weighted by Crippen LogP contribution is 2.33. The molecule has 1 aromatic heterocycles. The van der Waals surface area contributed by atoms with E-state index in [0.717, 1.165) is 43.4 Å². The SMILES string of the molecule is CCC(C)N(CC(=O)N(Cc1cccn1Cc1ccc(F)cc1)C1CCCCC1)C(=O)c1ccc2c(c1)OCO2. The summed E-state index contributed by atoms with van der Waals surface area (Å²) in [6.45, 7) is 5.21. The van der Waals surface area contributed by atoms with Crippen molar-refractivity contribution in [1.82, 2.24) is 14.4 Å². The van der Waals surface area contributed by atoms with Crippen LogP contribution in [-0.4, -0.2) is 51.6 Å². The van der Waals surface area contributed by atoms with Gasteiger partial charge >= 0.3 is 0 Å². The molecule has 1 aliphatic carbocycles. The Kier molecular flexibility index (Phi) is 8.72. The van der Waals surface area contributed by atoms with Gasteiger partial charge in [-0.1, -0.05) is 38.3 Å². The van der Waals surface area contributed by atoms with Gasteiger partial charge in [-0.3, -0.25) is 9.59 Å². The normalized spacial score (nSPS) is 15.6. The maximum absolute atomic E-state index is 14.1. The number of rotatable bonds is 10. The van der Waals surface area contributed by atoms with Gasteiger partial charge in [0.2, 0.25) is 12.7 Å². The molecule has 1 saturated carbocycles. The number of halogens is 1. The second-order valence-corrected chi connectivity index (χ2v) is 10.8. The molecule has 2 amide bonds. The molecule has 0 radical (unpaired) electrons. The summed E-state index contributed by atoms with van der Waals surface area (Å²) < 4.78 is 26.4. The summed E-state index contributed by atoms with van der Waals surface area (Å²) in [5.41, 5.74) is 2.49. The molecule has 0 bridgehead atoms. The second kappa shape index (κ2) is 12.6. The number of aromatic nitrogens is 1. The lowest BCUT2D eigenvalue weighted by molar-refractivity contribution is -0.136. The van der Waals surface area contributed by atoms with E-state index < -0.39 is 0 Å². The Labute approximate surface area is 235 Å². The summed E-state index contributed by atoms with van der Waals surface area (Å²) in [6, 6.07) is 15.7. The molecule has 2 aromatic carbocycles. The molecule has 0 spiro atoms. The van der Waals surface area contributed by atoms with E-state index in [9.17, 15) is 14.0 Å². The molecule has 1 fully saturated rings. The molecule has 2 heterocycles. The first-order valence-electron chi connectivity index (χ1n) is 14.3. The number of ether oxygens (including phenoxy) is 2. The molecule has 8 heteroatoms. The first-order valence-corrected chi connectivity index (χ1v) is 14.3. The predicted octanol–water partition coefficient (Wildman–Crippen LogP) is 6.01. The largest absolute Gasteiger partial charge is 0.454 e. The van der Waals surface area contributed by atoms with Crippen LogP contribution < -0.4 is 9.47 Å². The molecule has 2 aliphatic rings. The van der Waals surface area contributed by atoms with E-state index in [1.165, 1.54) is 18.6 Å². The standard InChI is InChI=1S/C32H38FN3O4/c1-3-23(2)35(32(38)25-13-16-29-30(18-25)40-22-39-29)21-31(37)36(27-8-5-4-6-9-27)20-28-10-7-17-34(28)19-24-11-14-26(33)15-12-24/h7,10-18,23,27H,3-6,8-9,19-22H2,1-2H3. The van der Waals surface area contributed by atoms with Crippen molar-refractivity contribution in [1.29, 1.82) is 0 Å². The Bertz CT molecular complexity index is 1320. The Morgan fingerprint density at radius 2 is 1.77 bits per heavy atom. The molecule has 1 atom stereocenters. The van der Waals surface area contributed by atoms with Gasteiger partial charge in [0.05, 0.1) is 6.54 Å². The van der Waals surface area contributed by atoms with Crippen molar-refractivity contribution >= 4 is 11.8 Å². The minimum absolute atomic E-state index is 0.0114. The maximum atomic E-state index is 14.1. The van der Waals surface area contributed by atoms with Crippen LogP contribution in [0.2, 0.25) is 0 Å². The third kappa shape index (κ3) is 6.32. The Hall–Kier alpha value is -3.81. The number of hydrogen-bond donors (Lipinski definition) is 0. The van der Waals surface area contributed by atoms with E-state index in [4.69, 9.17) is 9.47 Å². The van der Waals surface area contributed by atoms with Gasteiger partial charge in [0.1, 0.15) is 12.4 Å². The Balaban J connectivity index is 1.37. The smallest absolute Gasteiger partial charge is 0.254 e. The van der Waals surface area contributed by atoms with Gasteiger partial charge in [-0.05, 0) is 74.2 Å². The monoisotopic (exact) mass is 547 g/mol. The molecule has 1 unspecified atom stereocenters. The van der Waals surface area contributed by atoms with Crippen LogP contribution in [-0.2, 0) is 17.9 Å². The van der Waals surface area contributed by atoms with Crippen LogP contribution in [0.3, 0.4) is 0 Å². The fourth-order valence-electron chi connectivity index (χ4n) is 5.60. The van der Waals surface area contributed by atoms with Crippen LogP contribution in [0.4, 0.5) is 4.39 Å². The molecular weight excluding hydrogens is 509 g/mol. The number of carbonyl (C=O) groups excluding carboxylic acids is 2. The lowest BCUT2D eigenvalue weighted by Gasteiger charge is -2.37. The van der Waals surface area contributed by atoms with Crippen LogP contribution >= 0.6 is 0 Å². The van der Waals surface area contributed by atoms with Crippen molar-refractivity contribution in [2.24, 2.45) is 0 Å². The number of carbonyl (C=O) groups is 2. The summed E-state index contributed by atoms with van der Waals surface area (Å²) in [5.74, 6) is 0.675. The van der Waals surface area contributed by atoms with E-state index >= 15 is 0 Å². The van der Waals surface area contributed by atoms with Gasteiger partial charge in [-0.25, -0.2) is 4.39 Å². The zero-order chi connectivity index (χ0) is 28.1. The zero-order valence-corrected chi connectivity index (χ0v) is 23.4. The number of hydrogen-bond acceptors (Lipinski definition) is 4. The third-order valence-corrected chi connectivity index (χ3v) is 8.17. The van der Waals surface area contributed by atoms with Crippen LogP contribution in [0.25, 0.3) is 0 Å². The molecule has 0 N–H and O–H groups in total. The quantitative estimate of drug-likeness (QED) is 0.312. The molecule has 40 heavy (non-hydrogen) atoms. The van der Waals surface area contributed by atoms with Gasteiger partial charge in [0, 0.05) is 36.1 Å². The number of benzene rings is 2. The summed E-state index contributed by atoms with van der Waals surface area (Å²) in [7, 11) is 0. The number of amides is 2. The van der Waals surface area contributed by atoms with Crippen LogP contribution in [0.15, 0.2) is 60.8 Å². The highest BCUT2D eigenvalue weighted by molar-refractivity contribution is 5.97. The maximum Gasteiger partial charge on any atom is 0.254 e. The van der Waals surface area contributed by atoms with Crippen LogP contribution in [0.1, 0.15) is 74.0 Å². The second-order valence-electron chi connectivity index (χ2n) is 10.8. The van der Waals surface area contributed by atoms with Gasteiger partial charge in [-0.2, -0.15) is 0 Å². The molecule has 1 aliphatic heterocycles. The minimum atomic E-state index is -0.258. The average Bonchev–Trinajstić information content (AvgIpc) is 3.64. The van der Waals surface area contributed by atoms with E-state index in [1.54, 1.807) is 35.2 Å². The number of nitrogens with zero attached hydrogens (tertiary/aromatic N) is 3. The van der Waals surface area contributed by atoms with Crippen molar-refractivity contribution in [3.8, 4) is 11.5 Å². The summed E-state index contributed by atoms with van der Waals surface area (Å²) in [6.07, 6.45) is 8.02. The summed E-state index contributed by atoms with van der Waals surface area (Å²) >= 11 is 0. The van der Waals surface area contributed by atoms with Crippen molar-refractivity contribution < 1.29 is 23.5 Å². The van der Waals surface area contributed by atoms with E-state index in [0.29, 0.717) is 30.2 Å².